The lowest BCUT2D eigenvalue weighted by Crippen LogP contribution is -2.48. The molecular formula is C10H18N2O3. The van der Waals surface area contributed by atoms with Crippen LogP contribution in [0.25, 0.3) is 0 Å². The Morgan fingerprint density at radius 3 is 2.47 bits per heavy atom. The number of amides is 1. The molecule has 1 aliphatic carbocycles. The molecule has 1 saturated carbocycles. The van der Waals surface area contributed by atoms with Crippen molar-refractivity contribution >= 4 is 11.9 Å². The van der Waals surface area contributed by atoms with Crippen molar-refractivity contribution in [2.75, 3.05) is 20.2 Å². The van der Waals surface area contributed by atoms with Gasteiger partial charge in [-0.05, 0) is 19.3 Å². The van der Waals surface area contributed by atoms with Gasteiger partial charge in [-0.2, -0.15) is 0 Å². The van der Waals surface area contributed by atoms with Crippen molar-refractivity contribution in [3.05, 3.63) is 0 Å². The first-order valence-corrected chi connectivity index (χ1v) is 5.18. The fourth-order valence-electron chi connectivity index (χ4n) is 1.41. The minimum atomic E-state index is -0.705. The molecule has 1 aliphatic rings. The van der Waals surface area contributed by atoms with Gasteiger partial charge in [0.25, 0.3) is 0 Å². The third-order valence-corrected chi connectivity index (χ3v) is 2.54. The monoisotopic (exact) mass is 214 g/mol. The smallest absolute Gasteiger partial charge is 0.325 e. The molecule has 5 heteroatoms. The zero-order valence-corrected chi connectivity index (χ0v) is 9.28. The summed E-state index contributed by atoms with van der Waals surface area (Å²) < 4.78 is 4.54. The van der Waals surface area contributed by atoms with Gasteiger partial charge in [0.15, 0.2) is 0 Å². The number of esters is 1. The molecule has 0 atom stereocenters. The number of nitrogens with two attached hydrogens (primary N) is 1. The van der Waals surface area contributed by atoms with Gasteiger partial charge in [-0.15, -0.1) is 0 Å². The number of carbonyl (C=O) groups excluding carboxylic acids is 2. The molecule has 0 radical (unpaired) electrons. The molecule has 2 N–H and O–H groups in total. The first-order chi connectivity index (χ1) is 7.03. The van der Waals surface area contributed by atoms with E-state index in [-0.39, 0.29) is 12.5 Å². The van der Waals surface area contributed by atoms with Gasteiger partial charge < -0.3 is 15.4 Å². The van der Waals surface area contributed by atoms with Crippen molar-refractivity contribution in [1.82, 2.24) is 4.90 Å². The molecule has 15 heavy (non-hydrogen) atoms. The molecule has 0 bridgehead atoms. The summed E-state index contributed by atoms with van der Waals surface area (Å²) in [5.74, 6) is -0.532. The summed E-state index contributed by atoms with van der Waals surface area (Å²) in [7, 11) is 1.31. The van der Waals surface area contributed by atoms with Crippen LogP contribution in [0.2, 0.25) is 0 Å². The first kappa shape index (κ1) is 12.0. The van der Waals surface area contributed by atoms with Crippen molar-refractivity contribution in [3.63, 3.8) is 0 Å². The van der Waals surface area contributed by atoms with Gasteiger partial charge in [-0.1, -0.05) is 6.92 Å². The van der Waals surface area contributed by atoms with Crippen molar-refractivity contribution < 1.29 is 14.3 Å². The van der Waals surface area contributed by atoms with Gasteiger partial charge in [0.1, 0.15) is 6.54 Å². The minimum Gasteiger partial charge on any atom is -0.468 e. The van der Waals surface area contributed by atoms with E-state index in [1.807, 2.05) is 6.92 Å². The maximum absolute atomic E-state index is 11.9. The van der Waals surface area contributed by atoms with Gasteiger partial charge >= 0.3 is 5.97 Å². The first-order valence-electron chi connectivity index (χ1n) is 5.18. The topological polar surface area (TPSA) is 72.6 Å². The quantitative estimate of drug-likeness (QED) is 0.648. The predicted octanol–water partition coefficient (Wildman–Crippen LogP) is -0.111. The average Bonchev–Trinajstić information content (AvgIpc) is 2.96. The van der Waals surface area contributed by atoms with Gasteiger partial charge in [-0.3, -0.25) is 9.59 Å². The molecule has 1 fully saturated rings. The van der Waals surface area contributed by atoms with E-state index in [2.05, 4.69) is 4.74 Å². The van der Waals surface area contributed by atoms with E-state index < -0.39 is 11.5 Å². The van der Waals surface area contributed by atoms with E-state index in [1.54, 1.807) is 0 Å². The van der Waals surface area contributed by atoms with Crippen molar-refractivity contribution in [2.45, 2.75) is 31.7 Å². The minimum absolute atomic E-state index is 0.00211. The maximum atomic E-state index is 11.9. The van der Waals surface area contributed by atoms with Crippen LogP contribution in [0.3, 0.4) is 0 Å². The van der Waals surface area contributed by atoms with Crippen molar-refractivity contribution in [3.8, 4) is 0 Å². The summed E-state index contributed by atoms with van der Waals surface area (Å²) in [6.07, 6.45) is 2.24. The molecule has 0 aromatic heterocycles. The van der Waals surface area contributed by atoms with E-state index in [9.17, 15) is 9.59 Å². The summed E-state index contributed by atoms with van der Waals surface area (Å²) in [6, 6.07) is 0. The summed E-state index contributed by atoms with van der Waals surface area (Å²) in [4.78, 5) is 24.4. The van der Waals surface area contributed by atoms with E-state index in [4.69, 9.17) is 5.73 Å². The Hall–Kier alpha value is -1.10. The number of hydrogen-bond acceptors (Lipinski definition) is 4. The highest BCUT2D eigenvalue weighted by molar-refractivity contribution is 5.91. The zero-order chi connectivity index (χ0) is 11.5. The normalized spacial score (nSPS) is 17.0. The Morgan fingerprint density at radius 2 is 2.07 bits per heavy atom. The molecule has 0 aromatic carbocycles. The van der Waals surface area contributed by atoms with E-state index in [1.165, 1.54) is 12.0 Å². The van der Waals surface area contributed by atoms with Gasteiger partial charge in [-0.25, -0.2) is 0 Å². The third-order valence-electron chi connectivity index (χ3n) is 2.54. The Labute approximate surface area is 89.6 Å². The van der Waals surface area contributed by atoms with Gasteiger partial charge in [0.05, 0.1) is 12.6 Å². The Morgan fingerprint density at radius 1 is 1.47 bits per heavy atom. The van der Waals surface area contributed by atoms with E-state index in [0.717, 1.165) is 6.42 Å². The van der Waals surface area contributed by atoms with E-state index in [0.29, 0.717) is 19.4 Å². The molecule has 86 valence electrons. The number of carbonyl (C=O) groups is 2. The molecule has 0 spiro atoms. The lowest BCUT2D eigenvalue weighted by molar-refractivity contribution is -0.147. The van der Waals surface area contributed by atoms with Gasteiger partial charge in [0.2, 0.25) is 5.91 Å². The second kappa shape index (κ2) is 4.61. The second-order valence-corrected chi connectivity index (χ2v) is 3.96. The molecule has 0 aliphatic heterocycles. The van der Waals surface area contributed by atoms with Crippen LogP contribution in [0.4, 0.5) is 0 Å². The van der Waals surface area contributed by atoms with Crippen LogP contribution in [0.15, 0.2) is 0 Å². The van der Waals surface area contributed by atoms with Gasteiger partial charge in [0, 0.05) is 6.54 Å². The number of nitrogens with zero attached hydrogens (tertiary/aromatic N) is 1. The summed E-state index contributed by atoms with van der Waals surface area (Å²) >= 11 is 0. The summed E-state index contributed by atoms with van der Waals surface area (Å²) in [5, 5.41) is 0. The molecule has 5 nitrogen and oxygen atoms in total. The molecule has 1 rings (SSSR count). The number of rotatable bonds is 5. The lowest BCUT2D eigenvalue weighted by Gasteiger charge is -2.23. The molecule has 0 heterocycles. The number of ether oxygens (including phenoxy) is 1. The van der Waals surface area contributed by atoms with Crippen molar-refractivity contribution in [1.29, 1.82) is 0 Å². The summed E-state index contributed by atoms with van der Waals surface area (Å²) in [6.45, 7) is 2.50. The summed E-state index contributed by atoms with van der Waals surface area (Å²) in [5.41, 5.74) is 5.09. The van der Waals surface area contributed by atoms with Crippen LogP contribution < -0.4 is 5.73 Å². The molecule has 1 amide bonds. The highest BCUT2D eigenvalue weighted by Gasteiger charge is 2.48. The number of hydrogen-bond donors (Lipinski definition) is 1. The second-order valence-electron chi connectivity index (χ2n) is 3.96. The highest BCUT2D eigenvalue weighted by atomic mass is 16.5. The molecule has 0 saturated heterocycles. The van der Waals surface area contributed by atoms with Crippen molar-refractivity contribution in [2.24, 2.45) is 5.73 Å². The molecule has 0 unspecified atom stereocenters. The largest absolute Gasteiger partial charge is 0.468 e. The fraction of sp³-hybridized carbons (Fsp3) is 0.800. The Balaban J connectivity index is 2.56. The van der Waals surface area contributed by atoms with Crippen LogP contribution in [0.5, 0.6) is 0 Å². The van der Waals surface area contributed by atoms with Crippen LogP contribution >= 0.6 is 0 Å². The predicted molar refractivity (Wildman–Crippen MR) is 55.0 cm³/mol. The maximum Gasteiger partial charge on any atom is 0.325 e. The third kappa shape index (κ3) is 2.92. The average molecular weight is 214 g/mol. The Bertz CT molecular complexity index is 261. The fourth-order valence-corrected chi connectivity index (χ4v) is 1.41. The molecule has 0 aromatic rings. The SMILES string of the molecule is CCCN(CC(=O)OC)C(=O)C1(N)CC1. The Kier molecular flexibility index (Phi) is 3.68. The lowest BCUT2D eigenvalue weighted by atomic mass is 10.2. The van der Waals surface area contributed by atoms with Crippen LogP contribution in [0, 0.1) is 0 Å². The molecular weight excluding hydrogens is 196 g/mol. The standard InChI is InChI=1S/C10H18N2O3/c1-3-6-12(7-8(13)15-2)9(14)10(11)4-5-10/h3-7,11H2,1-2H3. The number of methoxy groups -OCH3 is 1. The van der Waals surface area contributed by atoms with Crippen LogP contribution in [0.1, 0.15) is 26.2 Å². The van der Waals surface area contributed by atoms with Crippen LogP contribution in [-0.2, 0) is 14.3 Å². The van der Waals surface area contributed by atoms with E-state index >= 15 is 0 Å². The van der Waals surface area contributed by atoms with Crippen LogP contribution in [-0.4, -0.2) is 42.5 Å². The zero-order valence-electron chi connectivity index (χ0n) is 9.28. The highest BCUT2D eigenvalue weighted by Crippen LogP contribution is 2.34.